The molecule has 1 aromatic rings. The van der Waals surface area contributed by atoms with Crippen molar-refractivity contribution in [3.8, 4) is 0 Å². The van der Waals surface area contributed by atoms with Gasteiger partial charge in [0.25, 0.3) is 0 Å². The summed E-state index contributed by atoms with van der Waals surface area (Å²) in [6.07, 6.45) is 3.18. The smallest absolute Gasteiger partial charge is 0.325 e. The van der Waals surface area contributed by atoms with Crippen LogP contribution in [0, 0.1) is 0 Å². The van der Waals surface area contributed by atoms with Crippen LogP contribution >= 0.6 is 0 Å². The number of rotatable bonds is 3. The van der Waals surface area contributed by atoms with Gasteiger partial charge in [-0.3, -0.25) is 9.79 Å². The number of ether oxygens (including phenoxy) is 1. The highest BCUT2D eigenvalue weighted by atomic mass is 16.6. The molecule has 1 aromatic carbocycles. The van der Waals surface area contributed by atoms with Gasteiger partial charge in [-0.05, 0) is 38.3 Å². The summed E-state index contributed by atoms with van der Waals surface area (Å²) in [4.78, 5) is 18.2. The van der Waals surface area contributed by atoms with Crippen LogP contribution in [0.3, 0.4) is 0 Å². The van der Waals surface area contributed by atoms with Crippen molar-refractivity contribution >= 4 is 17.5 Å². The van der Waals surface area contributed by atoms with Crippen LogP contribution in [0.2, 0.25) is 0 Å². The van der Waals surface area contributed by atoms with Crippen LogP contribution in [0.1, 0.15) is 32.8 Å². The van der Waals surface area contributed by atoms with E-state index < -0.39 is 5.60 Å². The van der Waals surface area contributed by atoms with Gasteiger partial charge in [-0.1, -0.05) is 36.4 Å². The number of nitrogens with zero attached hydrogens (tertiary/aromatic N) is 2. The average molecular weight is 329 g/mol. The molecule has 0 saturated heterocycles. The van der Waals surface area contributed by atoms with E-state index in [9.17, 15) is 4.79 Å². The van der Waals surface area contributed by atoms with E-state index in [1.165, 1.54) is 11.1 Å². The maximum atomic E-state index is 11.8. The third kappa shape index (κ3) is 5.41. The summed E-state index contributed by atoms with van der Waals surface area (Å²) in [6, 6.07) is 10.4. The minimum absolute atomic E-state index is 0.121. The van der Waals surface area contributed by atoms with Crippen molar-refractivity contribution in [1.82, 2.24) is 10.2 Å². The first kappa shape index (κ1) is 18.0. The van der Waals surface area contributed by atoms with E-state index in [0.717, 1.165) is 25.5 Å². The van der Waals surface area contributed by atoms with Crippen molar-refractivity contribution in [3.05, 3.63) is 42.0 Å². The van der Waals surface area contributed by atoms with Crippen LogP contribution in [0.25, 0.3) is 5.57 Å². The number of benzene rings is 1. The Balaban J connectivity index is 1.89. The van der Waals surface area contributed by atoms with E-state index >= 15 is 0 Å². The Hall–Kier alpha value is -2.30. The van der Waals surface area contributed by atoms with Crippen LogP contribution in [-0.2, 0) is 9.53 Å². The molecule has 0 bridgehead atoms. The molecule has 1 N–H and O–H groups in total. The van der Waals surface area contributed by atoms with E-state index in [0.29, 0.717) is 0 Å². The second kappa shape index (κ2) is 7.99. The molecule has 0 spiro atoms. The highest BCUT2D eigenvalue weighted by Crippen LogP contribution is 2.21. The summed E-state index contributed by atoms with van der Waals surface area (Å²) in [5, 5.41) is 3.09. The Morgan fingerprint density at radius 1 is 1.29 bits per heavy atom. The minimum atomic E-state index is -0.471. The topological polar surface area (TPSA) is 53.9 Å². The maximum absolute atomic E-state index is 11.8. The van der Waals surface area contributed by atoms with Gasteiger partial charge in [0, 0.05) is 20.1 Å². The van der Waals surface area contributed by atoms with Crippen molar-refractivity contribution in [2.45, 2.75) is 32.8 Å². The number of hydrogen-bond donors (Lipinski definition) is 1. The van der Waals surface area contributed by atoms with Gasteiger partial charge in [0.05, 0.1) is 0 Å². The molecule has 130 valence electrons. The van der Waals surface area contributed by atoms with Crippen molar-refractivity contribution in [3.63, 3.8) is 0 Å². The predicted octanol–water partition coefficient (Wildman–Crippen LogP) is 2.69. The Morgan fingerprint density at radius 3 is 2.54 bits per heavy atom. The number of nitrogens with one attached hydrogen (secondary N) is 1. The molecular weight excluding hydrogens is 302 g/mol. The largest absolute Gasteiger partial charge is 0.459 e. The number of carbonyl (C=O) groups is 1. The molecule has 0 radical (unpaired) electrons. The number of esters is 1. The molecule has 0 aliphatic carbocycles. The second-order valence-electron chi connectivity index (χ2n) is 6.78. The first-order chi connectivity index (χ1) is 11.4. The van der Waals surface area contributed by atoms with Gasteiger partial charge in [-0.25, -0.2) is 0 Å². The predicted molar refractivity (Wildman–Crippen MR) is 97.8 cm³/mol. The quantitative estimate of drug-likeness (QED) is 0.526. The van der Waals surface area contributed by atoms with E-state index in [1.807, 2.05) is 26.8 Å². The fourth-order valence-electron chi connectivity index (χ4n) is 2.64. The van der Waals surface area contributed by atoms with Crippen LogP contribution < -0.4 is 5.32 Å². The van der Waals surface area contributed by atoms with Gasteiger partial charge in [0.15, 0.2) is 5.96 Å². The van der Waals surface area contributed by atoms with Gasteiger partial charge < -0.3 is 15.0 Å². The molecule has 24 heavy (non-hydrogen) atoms. The molecule has 0 saturated carbocycles. The number of carbonyl (C=O) groups excluding carboxylic acids is 1. The van der Waals surface area contributed by atoms with Crippen molar-refractivity contribution in [2.75, 3.05) is 26.7 Å². The molecule has 0 atom stereocenters. The van der Waals surface area contributed by atoms with Gasteiger partial charge >= 0.3 is 5.97 Å². The minimum Gasteiger partial charge on any atom is -0.459 e. The summed E-state index contributed by atoms with van der Waals surface area (Å²) in [7, 11) is 1.73. The van der Waals surface area contributed by atoms with Crippen LogP contribution in [-0.4, -0.2) is 49.1 Å². The molecule has 1 heterocycles. The number of hydrogen-bond acceptors (Lipinski definition) is 3. The molecular formula is C19H27N3O2. The summed E-state index contributed by atoms with van der Waals surface area (Å²) in [5.41, 5.74) is 2.16. The van der Waals surface area contributed by atoms with Gasteiger partial charge in [-0.2, -0.15) is 0 Å². The summed E-state index contributed by atoms with van der Waals surface area (Å²) in [5.74, 6) is 0.449. The zero-order chi connectivity index (χ0) is 17.6. The zero-order valence-electron chi connectivity index (χ0n) is 15.0. The first-order valence-electron chi connectivity index (χ1n) is 8.31. The Kier molecular flexibility index (Phi) is 6.01. The zero-order valence-corrected chi connectivity index (χ0v) is 15.0. The lowest BCUT2D eigenvalue weighted by molar-refractivity contribution is -0.153. The SMILES string of the molecule is CN=C(NCC(=O)OC(C)(C)C)N1CC=C(c2ccccc2)CC1. The monoisotopic (exact) mass is 329 g/mol. The summed E-state index contributed by atoms with van der Waals surface area (Å²) in [6.45, 7) is 7.35. The van der Waals surface area contributed by atoms with Gasteiger partial charge in [0.1, 0.15) is 12.1 Å². The fourth-order valence-corrected chi connectivity index (χ4v) is 2.64. The third-order valence-corrected chi connectivity index (χ3v) is 3.68. The van der Waals surface area contributed by atoms with E-state index in [-0.39, 0.29) is 12.5 Å². The first-order valence-corrected chi connectivity index (χ1v) is 8.31. The lowest BCUT2D eigenvalue weighted by Crippen LogP contribution is -2.45. The second-order valence-corrected chi connectivity index (χ2v) is 6.78. The Morgan fingerprint density at radius 2 is 2.00 bits per heavy atom. The summed E-state index contributed by atoms with van der Waals surface area (Å²) < 4.78 is 5.31. The van der Waals surface area contributed by atoms with Crippen LogP contribution in [0.15, 0.2) is 41.4 Å². The fraction of sp³-hybridized carbons (Fsp3) is 0.474. The highest BCUT2D eigenvalue weighted by Gasteiger charge is 2.19. The Bertz CT molecular complexity index is 615. The molecule has 0 unspecified atom stereocenters. The molecule has 0 aromatic heterocycles. The molecule has 1 aliphatic rings. The van der Waals surface area contributed by atoms with E-state index in [1.54, 1.807) is 7.05 Å². The average Bonchev–Trinajstić information content (AvgIpc) is 2.55. The summed E-state index contributed by atoms with van der Waals surface area (Å²) >= 11 is 0. The Labute approximate surface area is 144 Å². The lowest BCUT2D eigenvalue weighted by Gasteiger charge is -2.30. The third-order valence-electron chi connectivity index (χ3n) is 3.68. The number of aliphatic imine (C=N–C) groups is 1. The lowest BCUT2D eigenvalue weighted by atomic mass is 10.00. The van der Waals surface area contributed by atoms with Gasteiger partial charge in [0.2, 0.25) is 0 Å². The number of guanidine groups is 1. The maximum Gasteiger partial charge on any atom is 0.325 e. The van der Waals surface area contributed by atoms with Crippen molar-refractivity contribution in [2.24, 2.45) is 4.99 Å². The normalized spacial score (nSPS) is 15.8. The van der Waals surface area contributed by atoms with E-state index in [4.69, 9.17) is 4.74 Å². The molecule has 5 nitrogen and oxygen atoms in total. The standard InChI is InChI=1S/C19H27N3O2/c1-19(2,3)24-17(23)14-21-18(20-4)22-12-10-16(11-13-22)15-8-6-5-7-9-15/h5-10H,11-14H2,1-4H3,(H,20,21). The molecule has 5 heteroatoms. The van der Waals surface area contributed by atoms with Crippen LogP contribution in [0.4, 0.5) is 0 Å². The molecule has 0 fully saturated rings. The molecule has 0 amide bonds. The highest BCUT2D eigenvalue weighted by molar-refractivity contribution is 5.85. The van der Waals surface area contributed by atoms with Crippen LogP contribution in [0.5, 0.6) is 0 Å². The molecule has 2 rings (SSSR count). The van der Waals surface area contributed by atoms with E-state index in [2.05, 4.69) is 45.6 Å². The van der Waals surface area contributed by atoms with Crippen molar-refractivity contribution in [1.29, 1.82) is 0 Å². The molecule has 1 aliphatic heterocycles. The van der Waals surface area contributed by atoms with Crippen molar-refractivity contribution < 1.29 is 9.53 Å². The van der Waals surface area contributed by atoms with Gasteiger partial charge in [-0.15, -0.1) is 0 Å².